The van der Waals surface area contributed by atoms with Crippen LogP contribution in [0.25, 0.3) is 16.6 Å². The summed E-state index contributed by atoms with van der Waals surface area (Å²) in [5, 5.41) is 2.96. The Labute approximate surface area is 177 Å². The van der Waals surface area contributed by atoms with Crippen molar-refractivity contribution in [3.63, 3.8) is 0 Å². The van der Waals surface area contributed by atoms with E-state index in [2.05, 4.69) is 5.32 Å². The number of nitrogens with zero attached hydrogens (tertiary/aromatic N) is 2. The predicted molar refractivity (Wildman–Crippen MR) is 117 cm³/mol. The second-order valence-electron chi connectivity index (χ2n) is 7.17. The molecule has 31 heavy (non-hydrogen) atoms. The number of likely N-dealkylation sites (N-methyl/N-ethyl adjacent to an activating group) is 1. The van der Waals surface area contributed by atoms with Crippen molar-refractivity contribution < 1.29 is 9.18 Å². The Bertz CT molecular complexity index is 1370. The standard InChI is InChI=1S/C24H20FN3O3/c1-26-22(29)14-16-8-12-19(13-9-16)28-23(30)20-4-2-3-5-21(20)27(24(28)31)15-17-6-10-18(25)11-7-17/h2-13H,14-15H2,1H3,(H,26,29). The Hall–Kier alpha value is -4.00. The number of benzene rings is 3. The second-order valence-corrected chi connectivity index (χ2v) is 7.17. The zero-order valence-corrected chi connectivity index (χ0v) is 16.8. The summed E-state index contributed by atoms with van der Waals surface area (Å²) >= 11 is 0. The van der Waals surface area contributed by atoms with E-state index in [1.807, 2.05) is 0 Å². The van der Waals surface area contributed by atoms with Crippen molar-refractivity contribution in [3.05, 3.63) is 111 Å². The largest absolute Gasteiger partial charge is 0.359 e. The lowest BCUT2D eigenvalue weighted by molar-refractivity contribution is -0.119. The van der Waals surface area contributed by atoms with Gasteiger partial charge in [0.15, 0.2) is 0 Å². The van der Waals surface area contributed by atoms with Gasteiger partial charge in [-0.25, -0.2) is 13.8 Å². The van der Waals surface area contributed by atoms with E-state index in [-0.39, 0.29) is 24.7 Å². The third-order valence-corrected chi connectivity index (χ3v) is 5.14. The number of amides is 1. The first-order chi connectivity index (χ1) is 15.0. The van der Waals surface area contributed by atoms with E-state index >= 15 is 0 Å². The summed E-state index contributed by atoms with van der Waals surface area (Å²) in [4.78, 5) is 38.1. The number of fused-ring (bicyclic) bond motifs is 1. The molecule has 4 aromatic rings. The molecule has 0 spiro atoms. The molecule has 0 unspecified atom stereocenters. The Kier molecular flexibility index (Phi) is 5.49. The summed E-state index contributed by atoms with van der Waals surface area (Å²) in [7, 11) is 1.56. The van der Waals surface area contributed by atoms with Gasteiger partial charge in [-0.15, -0.1) is 0 Å². The van der Waals surface area contributed by atoms with Gasteiger partial charge in [0.2, 0.25) is 5.91 Å². The van der Waals surface area contributed by atoms with Crippen molar-refractivity contribution >= 4 is 16.8 Å². The maximum absolute atomic E-state index is 13.4. The van der Waals surface area contributed by atoms with Crippen LogP contribution in [0.15, 0.2) is 82.4 Å². The number of carbonyl (C=O) groups excluding carboxylic acids is 1. The number of halogens is 1. The smallest absolute Gasteiger partial charge is 0.336 e. The molecule has 1 N–H and O–H groups in total. The molecule has 0 aliphatic rings. The van der Waals surface area contributed by atoms with Gasteiger partial charge in [0.25, 0.3) is 5.56 Å². The molecule has 0 saturated carbocycles. The summed E-state index contributed by atoms with van der Waals surface area (Å²) in [6.07, 6.45) is 0.207. The van der Waals surface area contributed by atoms with Crippen LogP contribution in [0.1, 0.15) is 11.1 Å². The summed E-state index contributed by atoms with van der Waals surface area (Å²) in [6, 6.07) is 19.5. The van der Waals surface area contributed by atoms with Gasteiger partial charge in [0.1, 0.15) is 5.82 Å². The van der Waals surface area contributed by atoms with E-state index in [1.165, 1.54) is 16.7 Å². The first-order valence-electron chi connectivity index (χ1n) is 9.77. The van der Waals surface area contributed by atoms with Gasteiger partial charge in [0, 0.05) is 7.05 Å². The molecule has 1 aromatic heterocycles. The van der Waals surface area contributed by atoms with Gasteiger partial charge < -0.3 is 5.32 Å². The van der Waals surface area contributed by atoms with Crippen molar-refractivity contribution in [1.29, 1.82) is 0 Å². The van der Waals surface area contributed by atoms with Crippen molar-refractivity contribution in [1.82, 2.24) is 14.5 Å². The number of nitrogens with one attached hydrogen (secondary N) is 1. The summed E-state index contributed by atoms with van der Waals surface area (Å²) in [6.45, 7) is 0.189. The zero-order chi connectivity index (χ0) is 22.0. The highest BCUT2D eigenvalue weighted by molar-refractivity contribution is 5.79. The predicted octanol–water partition coefficient (Wildman–Crippen LogP) is 2.63. The highest BCUT2D eigenvalue weighted by atomic mass is 19.1. The minimum Gasteiger partial charge on any atom is -0.359 e. The van der Waals surface area contributed by atoms with Crippen molar-refractivity contribution in [2.24, 2.45) is 0 Å². The molecule has 1 heterocycles. The van der Waals surface area contributed by atoms with E-state index in [0.29, 0.717) is 16.6 Å². The van der Waals surface area contributed by atoms with Crippen molar-refractivity contribution in [2.45, 2.75) is 13.0 Å². The molecule has 156 valence electrons. The average molecular weight is 417 g/mol. The summed E-state index contributed by atoms with van der Waals surface area (Å²) in [5.41, 5.74) is 1.51. The molecule has 0 aliphatic heterocycles. The molecule has 3 aromatic carbocycles. The number of hydrogen-bond donors (Lipinski definition) is 1. The van der Waals surface area contributed by atoms with E-state index in [9.17, 15) is 18.8 Å². The first-order valence-corrected chi connectivity index (χ1v) is 9.77. The van der Waals surface area contributed by atoms with Gasteiger partial charge >= 0.3 is 5.69 Å². The molecule has 0 bridgehead atoms. The SMILES string of the molecule is CNC(=O)Cc1ccc(-n2c(=O)c3ccccc3n(Cc3ccc(F)cc3)c2=O)cc1. The number of hydrogen-bond acceptors (Lipinski definition) is 3. The third kappa shape index (κ3) is 4.02. The molecule has 0 radical (unpaired) electrons. The third-order valence-electron chi connectivity index (χ3n) is 5.14. The Balaban J connectivity index is 1.86. The average Bonchev–Trinajstić information content (AvgIpc) is 2.79. The molecular formula is C24H20FN3O3. The van der Waals surface area contributed by atoms with Crippen LogP contribution in [0.3, 0.4) is 0 Å². The van der Waals surface area contributed by atoms with E-state index in [4.69, 9.17) is 0 Å². The lowest BCUT2D eigenvalue weighted by Gasteiger charge is -2.14. The Morgan fingerprint density at radius 2 is 1.55 bits per heavy atom. The molecule has 4 rings (SSSR count). The fraction of sp³-hybridized carbons (Fsp3) is 0.125. The zero-order valence-electron chi connectivity index (χ0n) is 16.8. The fourth-order valence-electron chi connectivity index (χ4n) is 3.51. The molecule has 7 heteroatoms. The van der Waals surface area contributed by atoms with E-state index in [1.54, 1.807) is 67.7 Å². The minimum absolute atomic E-state index is 0.128. The molecule has 0 aliphatic carbocycles. The number of para-hydroxylation sites is 1. The number of rotatable bonds is 5. The molecular weight excluding hydrogens is 397 g/mol. The molecule has 0 saturated heterocycles. The molecule has 6 nitrogen and oxygen atoms in total. The molecule has 1 amide bonds. The van der Waals surface area contributed by atoms with Crippen LogP contribution in [0.5, 0.6) is 0 Å². The van der Waals surface area contributed by atoms with Gasteiger partial charge in [-0.05, 0) is 47.5 Å². The van der Waals surface area contributed by atoms with Crippen LogP contribution < -0.4 is 16.6 Å². The van der Waals surface area contributed by atoms with Crippen LogP contribution in [-0.2, 0) is 17.8 Å². The van der Waals surface area contributed by atoms with Crippen LogP contribution in [0, 0.1) is 5.82 Å². The van der Waals surface area contributed by atoms with Gasteiger partial charge in [-0.3, -0.25) is 14.2 Å². The van der Waals surface area contributed by atoms with Crippen LogP contribution in [0.2, 0.25) is 0 Å². The van der Waals surface area contributed by atoms with Crippen molar-refractivity contribution in [2.75, 3.05) is 7.05 Å². The number of carbonyl (C=O) groups is 1. The fourth-order valence-corrected chi connectivity index (χ4v) is 3.51. The normalized spacial score (nSPS) is 10.9. The summed E-state index contributed by atoms with van der Waals surface area (Å²) in [5.74, 6) is -0.486. The monoisotopic (exact) mass is 417 g/mol. The number of aromatic nitrogens is 2. The molecule has 0 atom stereocenters. The van der Waals surface area contributed by atoms with Gasteiger partial charge in [-0.1, -0.05) is 36.4 Å². The van der Waals surface area contributed by atoms with E-state index < -0.39 is 11.2 Å². The van der Waals surface area contributed by atoms with Crippen LogP contribution >= 0.6 is 0 Å². The van der Waals surface area contributed by atoms with Crippen LogP contribution in [0.4, 0.5) is 4.39 Å². The van der Waals surface area contributed by atoms with E-state index in [0.717, 1.165) is 15.7 Å². The highest BCUT2D eigenvalue weighted by Crippen LogP contribution is 2.13. The van der Waals surface area contributed by atoms with Gasteiger partial charge in [-0.2, -0.15) is 0 Å². The lowest BCUT2D eigenvalue weighted by Crippen LogP contribution is -2.39. The Morgan fingerprint density at radius 3 is 2.23 bits per heavy atom. The van der Waals surface area contributed by atoms with Crippen LogP contribution in [-0.4, -0.2) is 22.1 Å². The quantitative estimate of drug-likeness (QED) is 0.543. The minimum atomic E-state index is -0.493. The lowest BCUT2D eigenvalue weighted by atomic mass is 10.1. The topological polar surface area (TPSA) is 73.1 Å². The highest BCUT2D eigenvalue weighted by Gasteiger charge is 2.15. The second kappa shape index (κ2) is 8.39. The molecule has 0 fully saturated rings. The Morgan fingerprint density at radius 1 is 0.903 bits per heavy atom. The van der Waals surface area contributed by atoms with Crippen molar-refractivity contribution in [3.8, 4) is 5.69 Å². The van der Waals surface area contributed by atoms with Gasteiger partial charge in [0.05, 0.1) is 29.6 Å². The summed E-state index contributed by atoms with van der Waals surface area (Å²) < 4.78 is 15.9. The maximum Gasteiger partial charge on any atom is 0.336 e. The maximum atomic E-state index is 13.4. The first kappa shape index (κ1) is 20.3.